The average molecular weight is 478 g/mol. The van der Waals surface area contributed by atoms with Gasteiger partial charge in [0.05, 0.1) is 5.75 Å². The van der Waals surface area contributed by atoms with E-state index in [1.54, 1.807) is 55.5 Å². The molecular weight excluding hydrogens is 457 g/mol. The van der Waals surface area contributed by atoms with Crippen molar-refractivity contribution in [3.63, 3.8) is 0 Å². The minimum atomic E-state index is -0.540. The number of carbonyl (C=O) groups is 2. The molecule has 0 aliphatic carbocycles. The van der Waals surface area contributed by atoms with Gasteiger partial charge < -0.3 is 14.5 Å². The molecule has 1 atom stereocenters. The normalized spacial score (nSPS) is 11.6. The number of nitrogens with zero attached hydrogens (tertiary/aromatic N) is 2. The number of hydrogen-bond acceptors (Lipinski definition) is 7. The van der Waals surface area contributed by atoms with Crippen molar-refractivity contribution in [1.82, 2.24) is 10.2 Å². The summed E-state index contributed by atoms with van der Waals surface area (Å²) in [6.45, 7) is 1.73. The minimum absolute atomic E-state index is 0.102. The van der Waals surface area contributed by atoms with Crippen molar-refractivity contribution in [2.75, 3.05) is 11.1 Å². The van der Waals surface area contributed by atoms with Crippen molar-refractivity contribution in [2.24, 2.45) is 0 Å². The number of rotatable bonds is 9. The van der Waals surface area contributed by atoms with Gasteiger partial charge in [-0.1, -0.05) is 30.0 Å². The second kappa shape index (κ2) is 10.8. The van der Waals surface area contributed by atoms with Crippen LogP contribution in [0.4, 0.5) is 10.1 Å². The van der Waals surface area contributed by atoms with Crippen LogP contribution in [-0.2, 0) is 0 Å². The number of ketones is 1. The molecule has 1 amide bonds. The SMILES string of the molecule is CC(Oc1ccc(F)cc1)c1nnc(SCC(=O)c2ccc(NC(=O)c3ccccc3)cc2)o1. The molecule has 4 rings (SSSR count). The lowest BCUT2D eigenvalue weighted by atomic mass is 10.1. The van der Waals surface area contributed by atoms with Gasteiger partial charge in [0.25, 0.3) is 17.0 Å². The van der Waals surface area contributed by atoms with E-state index in [0.717, 1.165) is 11.8 Å². The van der Waals surface area contributed by atoms with Crippen LogP contribution in [-0.4, -0.2) is 27.6 Å². The van der Waals surface area contributed by atoms with Crippen molar-refractivity contribution in [3.05, 3.63) is 102 Å². The summed E-state index contributed by atoms with van der Waals surface area (Å²) in [5.74, 6) is 0.122. The summed E-state index contributed by atoms with van der Waals surface area (Å²) in [5.41, 5.74) is 1.64. The second-order valence-corrected chi connectivity index (χ2v) is 8.16. The maximum atomic E-state index is 13.0. The van der Waals surface area contributed by atoms with Gasteiger partial charge in [-0.3, -0.25) is 9.59 Å². The first-order valence-electron chi connectivity index (χ1n) is 10.4. The molecule has 0 aliphatic heterocycles. The number of halogens is 1. The predicted octanol–water partition coefficient (Wildman–Crippen LogP) is 5.58. The van der Waals surface area contributed by atoms with Gasteiger partial charge in [0.2, 0.25) is 0 Å². The summed E-state index contributed by atoms with van der Waals surface area (Å²) in [7, 11) is 0. The Morgan fingerprint density at radius 3 is 2.38 bits per heavy atom. The van der Waals surface area contributed by atoms with Crippen molar-refractivity contribution in [3.8, 4) is 5.75 Å². The molecule has 0 saturated carbocycles. The zero-order valence-corrected chi connectivity index (χ0v) is 18.9. The Hall–Kier alpha value is -3.98. The van der Waals surface area contributed by atoms with E-state index < -0.39 is 6.10 Å². The van der Waals surface area contributed by atoms with Crippen LogP contribution in [0.2, 0.25) is 0 Å². The summed E-state index contributed by atoms with van der Waals surface area (Å²) in [6.07, 6.45) is -0.540. The molecule has 0 radical (unpaired) electrons. The van der Waals surface area contributed by atoms with E-state index in [2.05, 4.69) is 15.5 Å². The molecule has 1 N–H and O–H groups in total. The first-order chi connectivity index (χ1) is 16.5. The van der Waals surface area contributed by atoms with E-state index >= 15 is 0 Å². The predicted molar refractivity (Wildman–Crippen MR) is 126 cm³/mol. The van der Waals surface area contributed by atoms with Gasteiger partial charge >= 0.3 is 0 Å². The van der Waals surface area contributed by atoms with Crippen LogP contribution in [0.1, 0.15) is 39.6 Å². The highest BCUT2D eigenvalue weighted by atomic mass is 32.2. The fourth-order valence-electron chi connectivity index (χ4n) is 2.95. The summed E-state index contributed by atoms with van der Waals surface area (Å²) in [4.78, 5) is 24.8. The van der Waals surface area contributed by atoms with Crippen molar-refractivity contribution in [2.45, 2.75) is 18.3 Å². The van der Waals surface area contributed by atoms with Crippen LogP contribution in [0, 0.1) is 5.82 Å². The zero-order valence-electron chi connectivity index (χ0n) is 18.1. The first-order valence-corrected chi connectivity index (χ1v) is 11.3. The van der Waals surface area contributed by atoms with Gasteiger partial charge in [0.15, 0.2) is 11.9 Å². The smallest absolute Gasteiger partial charge is 0.277 e. The highest BCUT2D eigenvalue weighted by Crippen LogP contribution is 2.25. The van der Waals surface area contributed by atoms with Gasteiger partial charge in [-0.05, 0) is 67.6 Å². The summed E-state index contributed by atoms with van der Waals surface area (Å²) in [6, 6.07) is 21.2. The number of carbonyl (C=O) groups excluding carboxylic acids is 2. The maximum absolute atomic E-state index is 13.0. The second-order valence-electron chi connectivity index (χ2n) is 7.23. The Morgan fingerprint density at radius 2 is 1.68 bits per heavy atom. The van der Waals surface area contributed by atoms with Crippen LogP contribution in [0.5, 0.6) is 5.75 Å². The van der Waals surface area contributed by atoms with E-state index in [4.69, 9.17) is 9.15 Å². The molecule has 0 saturated heterocycles. The summed E-state index contributed by atoms with van der Waals surface area (Å²) >= 11 is 1.12. The van der Waals surface area contributed by atoms with Crippen LogP contribution in [0.25, 0.3) is 0 Å². The average Bonchev–Trinajstić information content (AvgIpc) is 3.34. The van der Waals surface area contributed by atoms with E-state index in [-0.39, 0.29) is 34.4 Å². The third kappa shape index (κ3) is 6.08. The van der Waals surface area contributed by atoms with Gasteiger partial charge in [-0.15, -0.1) is 10.2 Å². The molecule has 0 fully saturated rings. The summed E-state index contributed by atoms with van der Waals surface area (Å²) < 4.78 is 24.2. The Bertz CT molecular complexity index is 1260. The number of amides is 1. The fraction of sp³-hybridized carbons (Fsp3) is 0.120. The quantitative estimate of drug-likeness (QED) is 0.249. The number of benzene rings is 3. The molecule has 9 heteroatoms. The molecule has 1 heterocycles. The fourth-order valence-corrected chi connectivity index (χ4v) is 3.62. The van der Waals surface area contributed by atoms with Gasteiger partial charge in [0, 0.05) is 16.8 Å². The maximum Gasteiger partial charge on any atom is 0.277 e. The minimum Gasteiger partial charge on any atom is -0.481 e. The lowest BCUT2D eigenvalue weighted by molar-refractivity contribution is 0.101. The molecule has 0 aliphatic rings. The molecule has 4 aromatic rings. The van der Waals surface area contributed by atoms with Gasteiger partial charge in [0.1, 0.15) is 11.6 Å². The van der Waals surface area contributed by atoms with Crippen molar-refractivity contribution in [1.29, 1.82) is 0 Å². The highest BCUT2D eigenvalue weighted by Gasteiger charge is 2.17. The monoisotopic (exact) mass is 477 g/mol. The van der Waals surface area contributed by atoms with Crippen molar-refractivity contribution >= 4 is 29.1 Å². The van der Waals surface area contributed by atoms with E-state index in [1.807, 2.05) is 6.07 Å². The summed E-state index contributed by atoms with van der Waals surface area (Å²) in [5, 5.41) is 10.9. The zero-order chi connectivity index (χ0) is 23.9. The number of nitrogens with one attached hydrogen (secondary N) is 1. The molecule has 7 nitrogen and oxygen atoms in total. The van der Waals surface area contributed by atoms with E-state index in [9.17, 15) is 14.0 Å². The third-order valence-electron chi connectivity index (χ3n) is 4.72. The van der Waals surface area contributed by atoms with E-state index in [0.29, 0.717) is 22.6 Å². The largest absolute Gasteiger partial charge is 0.481 e. The van der Waals surface area contributed by atoms with Gasteiger partial charge in [-0.2, -0.15) is 0 Å². The van der Waals surface area contributed by atoms with E-state index in [1.165, 1.54) is 24.3 Å². The number of ether oxygens (including phenoxy) is 1. The van der Waals surface area contributed by atoms with Crippen LogP contribution >= 0.6 is 11.8 Å². The Morgan fingerprint density at radius 1 is 0.971 bits per heavy atom. The topological polar surface area (TPSA) is 94.3 Å². The molecule has 3 aromatic carbocycles. The molecule has 1 aromatic heterocycles. The number of Topliss-reactive ketones (excluding diaryl/α,β-unsaturated/α-hetero) is 1. The number of thioether (sulfide) groups is 1. The lowest BCUT2D eigenvalue weighted by Crippen LogP contribution is -2.11. The molecule has 1 unspecified atom stereocenters. The highest BCUT2D eigenvalue weighted by molar-refractivity contribution is 7.99. The Labute approximate surface area is 199 Å². The van der Waals surface area contributed by atoms with Crippen LogP contribution in [0.3, 0.4) is 0 Å². The molecular formula is C25H20FN3O4S. The van der Waals surface area contributed by atoms with Crippen molar-refractivity contribution < 1.29 is 23.1 Å². The lowest BCUT2D eigenvalue weighted by Gasteiger charge is -2.10. The molecule has 172 valence electrons. The molecule has 34 heavy (non-hydrogen) atoms. The van der Waals surface area contributed by atoms with Crippen LogP contribution in [0.15, 0.2) is 88.5 Å². The Balaban J connectivity index is 1.28. The molecule has 0 spiro atoms. The standard InChI is InChI=1S/C25H20FN3O4S/c1-16(32-21-13-9-19(26)10-14-21)24-28-29-25(33-24)34-15-22(30)17-7-11-20(12-8-17)27-23(31)18-5-3-2-4-6-18/h2-14,16H,15H2,1H3,(H,27,31). The molecule has 0 bridgehead atoms. The van der Waals surface area contributed by atoms with Crippen LogP contribution < -0.4 is 10.1 Å². The van der Waals surface area contributed by atoms with Gasteiger partial charge in [-0.25, -0.2) is 4.39 Å². The first kappa shape index (κ1) is 23.2. The number of hydrogen-bond donors (Lipinski definition) is 1. The number of anilines is 1. The Kier molecular flexibility index (Phi) is 7.34. The number of aromatic nitrogens is 2. The third-order valence-corrected chi connectivity index (χ3v) is 5.54.